The third kappa shape index (κ3) is 2.30. The summed E-state index contributed by atoms with van der Waals surface area (Å²) >= 11 is 0. The van der Waals surface area contributed by atoms with E-state index in [0.29, 0.717) is 24.9 Å². The molecule has 1 aromatic carbocycles. The SMILES string of the molecule is Cc1ccc(C(=O)N2CC(c3nc(C4CC4)no3)C2)cc1C. The van der Waals surface area contributed by atoms with Crippen LogP contribution in [0.1, 0.15) is 57.9 Å². The largest absolute Gasteiger partial charge is 0.339 e. The Kier molecular flexibility index (Phi) is 3.03. The van der Waals surface area contributed by atoms with E-state index in [4.69, 9.17) is 4.52 Å². The molecule has 0 N–H and O–H groups in total. The Labute approximate surface area is 129 Å². The molecule has 1 amide bonds. The molecule has 0 unspecified atom stereocenters. The second-order valence-electron chi connectivity index (χ2n) is 6.47. The normalized spacial score (nSPS) is 18.4. The zero-order valence-electron chi connectivity index (χ0n) is 12.9. The maximum absolute atomic E-state index is 12.5. The van der Waals surface area contributed by atoms with Crippen molar-refractivity contribution in [3.05, 3.63) is 46.6 Å². The van der Waals surface area contributed by atoms with Gasteiger partial charge in [-0.25, -0.2) is 0 Å². The summed E-state index contributed by atoms with van der Waals surface area (Å²) < 4.78 is 5.34. The Bertz CT molecular complexity index is 727. The van der Waals surface area contributed by atoms with E-state index >= 15 is 0 Å². The molecule has 1 saturated carbocycles. The van der Waals surface area contributed by atoms with Crippen molar-refractivity contribution in [2.45, 2.75) is 38.5 Å². The predicted octanol–water partition coefficient (Wildman–Crippen LogP) is 2.80. The summed E-state index contributed by atoms with van der Waals surface area (Å²) in [6.45, 7) is 5.41. The molecule has 5 heteroatoms. The monoisotopic (exact) mass is 297 g/mol. The van der Waals surface area contributed by atoms with Gasteiger partial charge in [0, 0.05) is 24.6 Å². The summed E-state index contributed by atoms with van der Waals surface area (Å²) in [5.41, 5.74) is 3.11. The average molecular weight is 297 g/mol. The number of carbonyl (C=O) groups excluding carboxylic acids is 1. The molecular formula is C17H19N3O2. The molecular weight excluding hydrogens is 278 g/mol. The molecule has 1 aliphatic heterocycles. The summed E-state index contributed by atoms with van der Waals surface area (Å²) in [6.07, 6.45) is 2.34. The molecule has 0 bridgehead atoms. The van der Waals surface area contributed by atoms with Crippen LogP contribution in [-0.2, 0) is 0 Å². The summed E-state index contributed by atoms with van der Waals surface area (Å²) in [6, 6.07) is 5.86. The van der Waals surface area contributed by atoms with Gasteiger partial charge in [-0.15, -0.1) is 0 Å². The van der Waals surface area contributed by atoms with Crippen LogP contribution >= 0.6 is 0 Å². The molecule has 2 aromatic rings. The van der Waals surface area contributed by atoms with Gasteiger partial charge in [-0.2, -0.15) is 4.98 Å². The lowest BCUT2D eigenvalue weighted by atomic mass is 9.97. The molecule has 2 aliphatic rings. The van der Waals surface area contributed by atoms with Crippen molar-refractivity contribution in [2.24, 2.45) is 0 Å². The minimum Gasteiger partial charge on any atom is -0.339 e. The first-order valence-electron chi connectivity index (χ1n) is 7.82. The van der Waals surface area contributed by atoms with Gasteiger partial charge in [-0.05, 0) is 49.9 Å². The quantitative estimate of drug-likeness (QED) is 0.874. The number of rotatable bonds is 3. The van der Waals surface area contributed by atoms with Gasteiger partial charge in [-0.1, -0.05) is 11.2 Å². The van der Waals surface area contributed by atoms with E-state index in [-0.39, 0.29) is 11.8 Å². The van der Waals surface area contributed by atoms with Gasteiger partial charge >= 0.3 is 0 Å². The number of hydrogen-bond donors (Lipinski definition) is 0. The van der Waals surface area contributed by atoms with E-state index < -0.39 is 0 Å². The van der Waals surface area contributed by atoms with Crippen molar-refractivity contribution in [2.75, 3.05) is 13.1 Å². The summed E-state index contributed by atoms with van der Waals surface area (Å²) in [7, 11) is 0. The second-order valence-corrected chi connectivity index (χ2v) is 6.47. The van der Waals surface area contributed by atoms with Gasteiger partial charge in [-0.3, -0.25) is 4.79 Å². The molecule has 4 rings (SSSR count). The molecule has 5 nitrogen and oxygen atoms in total. The van der Waals surface area contributed by atoms with Crippen LogP contribution in [0.15, 0.2) is 22.7 Å². The van der Waals surface area contributed by atoms with E-state index in [9.17, 15) is 4.79 Å². The minimum absolute atomic E-state index is 0.0845. The van der Waals surface area contributed by atoms with Gasteiger partial charge in [0.05, 0.1) is 5.92 Å². The van der Waals surface area contributed by atoms with E-state index in [1.54, 1.807) is 0 Å². The number of nitrogens with zero attached hydrogens (tertiary/aromatic N) is 3. The first-order chi connectivity index (χ1) is 10.6. The molecule has 0 atom stereocenters. The molecule has 1 aromatic heterocycles. The standard InChI is InChI=1S/C17H19N3O2/c1-10-3-4-13(7-11(10)2)17(21)20-8-14(9-20)16-18-15(19-22-16)12-5-6-12/h3-4,7,12,14H,5-6,8-9H2,1-2H3. The third-order valence-electron chi connectivity index (χ3n) is 4.67. The van der Waals surface area contributed by atoms with Crippen molar-refractivity contribution < 1.29 is 9.32 Å². The van der Waals surface area contributed by atoms with Gasteiger partial charge in [0.25, 0.3) is 5.91 Å². The Morgan fingerprint density at radius 3 is 2.64 bits per heavy atom. The van der Waals surface area contributed by atoms with Crippen molar-refractivity contribution in [3.8, 4) is 0 Å². The topological polar surface area (TPSA) is 59.2 Å². The fourth-order valence-corrected chi connectivity index (χ4v) is 2.78. The molecule has 22 heavy (non-hydrogen) atoms. The highest BCUT2D eigenvalue weighted by Crippen LogP contribution is 2.39. The first-order valence-corrected chi connectivity index (χ1v) is 7.82. The number of benzene rings is 1. The Morgan fingerprint density at radius 2 is 1.95 bits per heavy atom. The van der Waals surface area contributed by atoms with Gasteiger partial charge < -0.3 is 9.42 Å². The fourth-order valence-electron chi connectivity index (χ4n) is 2.78. The molecule has 1 aliphatic carbocycles. The molecule has 0 spiro atoms. The second kappa shape index (κ2) is 4.93. The summed E-state index contributed by atoms with van der Waals surface area (Å²) in [5, 5.41) is 4.04. The zero-order chi connectivity index (χ0) is 15.3. The number of aromatic nitrogens is 2. The lowest BCUT2D eigenvalue weighted by molar-refractivity contribution is 0.0569. The number of hydrogen-bond acceptors (Lipinski definition) is 4. The lowest BCUT2D eigenvalue weighted by Crippen LogP contribution is -2.48. The highest BCUT2D eigenvalue weighted by molar-refractivity contribution is 5.95. The Balaban J connectivity index is 1.41. The van der Waals surface area contributed by atoms with Gasteiger partial charge in [0.2, 0.25) is 5.89 Å². The first kappa shape index (κ1) is 13.5. The van der Waals surface area contributed by atoms with Crippen molar-refractivity contribution in [1.29, 1.82) is 0 Å². The van der Waals surface area contributed by atoms with Crippen LogP contribution in [-0.4, -0.2) is 34.0 Å². The molecule has 114 valence electrons. The van der Waals surface area contributed by atoms with E-state index in [0.717, 1.165) is 17.0 Å². The van der Waals surface area contributed by atoms with Crippen LogP contribution in [0.4, 0.5) is 0 Å². The smallest absolute Gasteiger partial charge is 0.253 e. The zero-order valence-corrected chi connectivity index (χ0v) is 12.9. The Morgan fingerprint density at radius 1 is 1.18 bits per heavy atom. The predicted molar refractivity (Wildman–Crippen MR) is 80.8 cm³/mol. The highest BCUT2D eigenvalue weighted by Gasteiger charge is 2.37. The maximum atomic E-state index is 12.5. The van der Waals surface area contributed by atoms with Crippen molar-refractivity contribution in [1.82, 2.24) is 15.0 Å². The van der Waals surface area contributed by atoms with Crippen LogP contribution in [0.2, 0.25) is 0 Å². The molecule has 0 radical (unpaired) electrons. The molecule has 2 heterocycles. The van der Waals surface area contributed by atoms with Gasteiger partial charge in [0.1, 0.15) is 0 Å². The van der Waals surface area contributed by atoms with Crippen molar-refractivity contribution >= 4 is 5.91 Å². The molecule has 2 fully saturated rings. The maximum Gasteiger partial charge on any atom is 0.253 e. The van der Waals surface area contributed by atoms with Gasteiger partial charge in [0.15, 0.2) is 5.82 Å². The van der Waals surface area contributed by atoms with Crippen LogP contribution in [0.25, 0.3) is 0 Å². The van der Waals surface area contributed by atoms with Crippen LogP contribution in [0, 0.1) is 13.8 Å². The minimum atomic E-state index is 0.0845. The van der Waals surface area contributed by atoms with E-state index in [1.165, 1.54) is 18.4 Å². The summed E-state index contributed by atoms with van der Waals surface area (Å²) in [4.78, 5) is 18.8. The lowest BCUT2D eigenvalue weighted by Gasteiger charge is -2.37. The van der Waals surface area contributed by atoms with Crippen LogP contribution in [0.3, 0.4) is 0 Å². The summed E-state index contributed by atoms with van der Waals surface area (Å²) in [5.74, 6) is 2.31. The number of carbonyl (C=O) groups is 1. The Hall–Kier alpha value is -2.17. The number of amides is 1. The highest BCUT2D eigenvalue weighted by atomic mass is 16.5. The third-order valence-corrected chi connectivity index (χ3v) is 4.67. The van der Waals surface area contributed by atoms with Crippen LogP contribution in [0.5, 0.6) is 0 Å². The number of aryl methyl sites for hydroxylation is 2. The molecule has 1 saturated heterocycles. The van der Waals surface area contributed by atoms with E-state index in [2.05, 4.69) is 17.1 Å². The van der Waals surface area contributed by atoms with Crippen LogP contribution < -0.4 is 0 Å². The number of likely N-dealkylation sites (tertiary alicyclic amines) is 1. The van der Waals surface area contributed by atoms with E-state index in [1.807, 2.05) is 30.0 Å². The fraction of sp³-hybridized carbons (Fsp3) is 0.471. The average Bonchev–Trinajstić information content (AvgIpc) is 3.20. The van der Waals surface area contributed by atoms with Crippen molar-refractivity contribution in [3.63, 3.8) is 0 Å².